The third-order valence-corrected chi connectivity index (χ3v) is 4.33. The van der Waals surface area contributed by atoms with Crippen molar-refractivity contribution >= 4 is 11.8 Å². The molecule has 0 bridgehead atoms. The third-order valence-electron chi connectivity index (χ3n) is 2.65. The smallest absolute Gasteiger partial charge is 0.0642 e. The third kappa shape index (κ3) is 2.67. The van der Waals surface area contributed by atoms with Crippen LogP contribution in [0, 0.1) is 0 Å². The van der Waals surface area contributed by atoms with Gasteiger partial charge in [0.05, 0.1) is 4.87 Å². The van der Waals surface area contributed by atoms with Gasteiger partial charge in [0.1, 0.15) is 0 Å². The number of hydrogen-bond donors (Lipinski definition) is 1. The highest BCUT2D eigenvalue weighted by Crippen LogP contribution is 2.34. The molecule has 1 aliphatic rings. The molecular weight excluding hydrogens is 166 g/mol. The van der Waals surface area contributed by atoms with E-state index in [1.54, 1.807) is 0 Å². The number of hydrogen-bond acceptors (Lipinski definition) is 2. The summed E-state index contributed by atoms with van der Waals surface area (Å²) in [6.07, 6.45) is 6.67. The lowest BCUT2D eigenvalue weighted by molar-refractivity contribution is 0.400. The van der Waals surface area contributed by atoms with Crippen LogP contribution in [0.2, 0.25) is 0 Å². The van der Waals surface area contributed by atoms with Gasteiger partial charge in [0.25, 0.3) is 0 Å². The zero-order valence-corrected chi connectivity index (χ0v) is 9.17. The zero-order chi connectivity index (χ0) is 8.86. The van der Waals surface area contributed by atoms with Crippen molar-refractivity contribution in [3.8, 4) is 0 Å². The molecule has 0 amide bonds. The topological polar surface area (TPSA) is 12.0 Å². The minimum Gasteiger partial charge on any atom is -0.303 e. The molecular formula is C10H21NS. The molecule has 0 aromatic heterocycles. The fourth-order valence-electron chi connectivity index (χ4n) is 1.73. The van der Waals surface area contributed by atoms with Crippen LogP contribution in [0.1, 0.15) is 46.0 Å². The molecule has 0 radical (unpaired) electrons. The highest BCUT2D eigenvalue weighted by Gasteiger charge is 2.29. The minimum absolute atomic E-state index is 0.439. The Morgan fingerprint density at radius 2 is 2.25 bits per heavy atom. The van der Waals surface area contributed by atoms with Crippen LogP contribution in [0.25, 0.3) is 0 Å². The fourth-order valence-corrected chi connectivity index (χ4v) is 3.11. The predicted octanol–water partition coefficient (Wildman–Crippen LogP) is 3.01. The quantitative estimate of drug-likeness (QED) is 0.726. The average Bonchev–Trinajstić information content (AvgIpc) is 2.16. The SMILES string of the molecule is CCCCC1(CC)NCCCS1. The van der Waals surface area contributed by atoms with Gasteiger partial charge in [-0.15, -0.1) is 11.8 Å². The van der Waals surface area contributed by atoms with Crippen LogP contribution in [0.4, 0.5) is 0 Å². The molecule has 1 rings (SSSR count). The monoisotopic (exact) mass is 187 g/mol. The molecule has 0 aliphatic carbocycles. The summed E-state index contributed by atoms with van der Waals surface area (Å²) in [4.78, 5) is 0.439. The Hall–Kier alpha value is 0.310. The second-order valence-corrected chi connectivity index (χ2v) is 5.06. The second kappa shape index (κ2) is 5.13. The molecule has 0 aromatic carbocycles. The first-order valence-electron chi connectivity index (χ1n) is 5.22. The number of unbranched alkanes of at least 4 members (excludes halogenated alkanes) is 1. The first-order chi connectivity index (χ1) is 5.83. The van der Waals surface area contributed by atoms with Crippen molar-refractivity contribution in [2.24, 2.45) is 0 Å². The molecule has 1 nitrogen and oxygen atoms in total. The van der Waals surface area contributed by atoms with Crippen molar-refractivity contribution in [2.75, 3.05) is 12.3 Å². The van der Waals surface area contributed by atoms with Gasteiger partial charge in [-0.2, -0.15) is 0 Å². The maximum atomic E-state index is 3.68. The van der Waals surface area contributed by atoms with Crippen LogP contribution in [0.5, 0.6) is 0 Å². The van der Waals surface area contributed by atoms with E-state index in [4.69, 9.17) is 0 Å². The van der Waals surface area contributed by atoms with Gasteiger partial charge in [-0.05, 0) is 31.6 Å². The first kappa shape index (κ1) is 10.4. The van der Waals surface area contributed by atoms with Gasteiger partial charge >= 0.3 is 0 Å². The van der Waals surface area contributed by atoms with E-state index in [2.05, 4.69) is 30.9 Å². The highest BCUT2D eigenvalue weighted by molar-refractivity contribution is 8.00. The van der Waals surface area contributed by atoms with Gasteiger partial charge in [-0.25, -0.2) is 0 Å². The van der Waals surface area contributed by atoms with Gasteiger partial charge in [-0.3, -0.25) is 0 Å². The van der Waals surface area contributed by atoms with Crippen molar-refractivity contribution in [1.29, 1.82) is 0 Å². The van der Waals surface area contributed by atoms with Crippen LogP contribution in [0.3, 0.4) is 0 Å². The number of rotatable bonds is 4. The molecule has 0 aromatic rings. The molecule has 1 atom stereocenters. The Morgan fingerprint density at radius 3 is 2.75 bits per heavy atom. The summed E-state index contributed by atoms with van der Waals surface area (Å²) >= 11 is 2.14. The normalized spacial score (nSPS) is 30.5. The largest absolute Gasteiger partial charge is 0.303 e. The van der Waals surface area contributed by atoms with Crippen molar-refractivity contribution < 1.29 is 0 Å². The molecule has 0 spiro atoms. The lowest BCUT2D eigenvalue weighted by Gasteiger charge is -2.37. The Kier molecular flexibility index (Phi) is 4.44. The average molecular weight is 187 g/mol. The lowest BCUT2D eigenvalue weighted by Crippen LogP contribution is -2.45. The Bertz CT molecular complexity index is 119. The van der Waals surface area contributed by atoms with Crippen LogP contribution >= 0.6 is 11.8 Å². The van der Waals surface area contributed by atoms with E-state index in [0.717, 1.165) is 0 Å². The predicted molar refractivity (Wildman–Crippen MR) is 57.6 cm³/mol. The fraction of sp³-hybridized carbons (Fsp3) is 1.00. The van der Waals surface area contributed by atoms with Crippen molar-refractivity contribution in [1.82, 2.24) is 5.32 Å². The number of nitrogens with one attached hydrogen (secondary N) is 1. The van der Waals surface area contributed by atoms with E-state index in [-0.39, 0.29) is 0 Å². The number of thioether (sulfide) groups is 1. The summed E-state index contributed by atoms with van der Waals surface area (Å²) < 4.78 is 0. The van der Waals surface area contributed by atoms with Crippen LogP contribution in [-0.4, -0.2) is 17.2 Å². The van der Waals surface area contributed by atoms with Crippen LogP contribution in [0.15, 0.2) is 0 Å². The molecule has 1 saturated heterocycles. The lowest BCUT2D eigenvalue weighted by atomic mass is 10.1. The van der Waals surface area contributed by atoms with Crippen LogP contribution < -0.4 is 5.32 Å². The van der Waals surface area contributed by atoms with E-state index in [0.29, 0.717) is 4.87 Å². The van der Waals surface area contributed by atoms with E-state index in [1.807, 2.05) is 0 Å². The van der Waals surface area contributed by atoms with E-state index in [1.165, 1.54) is 44.4 Å². The highest BCUT2D eigenvalue weighted by atomic mass is 32.2. The van der Waals surface area contributed by atoms with E-state index < -0.39 is 0 Å². The molecule has 0 saturated carbocycles. The summed E-state index contributed by atoms with van der Waals surface area (Å²) in [6, 6.07) is 0. The summed E-state index contributed by atoms with van der Waals surface area (Å²) in [5.74, 6) is 1.35. The first-order valence-corrected chi connectivity index (χ1v) is 6.20. The Labute approximate surface area is 80.7 Å². The molecule has 72 valence electrons. The Morgan fingerprint density at radius 1 is 1.42 bits per heavy atom. The molecule has 1 unspecified atom stereocenters. The Balaban J connectivity index is 2.37. The summed E-state index contributed by atoms with van der Waals surface area (Å²) in [5.41, 5.74) is 0. The van der Waals surface area contributed by atoms with Crippen LogP contribution in [-0.2, 0) is 0 Å². The molecule has 12 heavy (non-hydrogen) atoms. The van der Waals surface area contributed by atoms with E-state index in [9.17, 15) is 0 Å². The van der Waals surface area contributed by atoms with Gasteiger partial charge < -0.3 is 5.32 Å². The molecule has 1 N–H and O–H groups in total. The minimum atomic E-state index is 0.439. The van der Waals surface area contributed by atoms with Gasteiger partial charge in [-0.1, -0.05) is 26.7 Å². The summed E-state index contributed by atoms with van der Waals surface area (Å²) in [6.45, 7) is 5.81. The standard InChI is InChI=1S/C10H21NS/c1-3-5-7-10(4-2)11-8-6-9-12-10/h11H,3-9H2,1-2H3. The molecule has 1 aliphatic heterocycles. The summed E-state index contributed by atoms with van der Waals surface area (Å²) in [7, 11) is 0. The molecule has 2 heteroatoms. The van der Waals surface area contributed by atoms with Crippen molar-refractivity contribution in [3.05, 3.63) is 0 Å². The van der Waals surface area contributed by atoms with Crippen molar-refractivity contribution in [2.45, 2.75) is 50.8 Å². The zero-order valence-electron chi connectivity index (χ0n) is 8.36. The second-order valence-electron chi connectivity index (χ2n) is 3.58. The van der Waals surface area contributed by atoms with Crippen molar-refractivity contribution in [3.63, 3.8) is 0 Å². The summed E-state index contributed by atoms with van der Waals surface area (Å²) in [5, 5.41) is 3.68. The van der Waals surface area contributed by atoms with Gasteiger partial charge in [0, 0.05) is 0 Å². The maximum absolute atomic E-state index is 3.68. The van der Waals surface area contributed by atoms with Gasteiger partial charge in [0.15, 0.2) is 0 Å². The van der Waals surface area contributed by atoms with E-state index >= 15 is 0 Å². The van der Waals surface area contributed by atoms with Gasteiger partial charge in [0.2, 0.25) is 0 Å². The maximum Gasteiger partial charge on any atom is 0.0642 e. The molecule has 1 heterocycles. The molecule has 1 fully saturated rings.